The zero-order valence-corrected chi connectivity index (χ0v) is 22.7. The van der Waals surface area contributed by atoms with Gasteiger partial charge in [0.1, 0.15) is 11.5 Å². The van der Waals surface area contributed by atoms with Crippen molar-refractivity contribution in [2.75, 3.05) is 25.7 Å². The highest BCUT2D eigenvalue weighted by Gasteiger charge is 2.47. The molecule has 0 spiro atoms. The molecule has 198 valence electrons. The topological polar surface area (TPSA) is 85.3 Å². The van der Waals surface area contributed by atoms with Crippen LogP contribution in [0.2, 0.25) is 5.02 Å². The number of carbonyl (C=O) groups is 2. The third-order valence-corrected chi connectivity index (χ3v) is 6.52. The van der Waals surface area contributed by atoms with E-state index < -0.39 is 17.7 Å². The first-order chi connectivity index (χ1) is 18.2. The van der Waals surface area contributed by atoms with E-state index in [0.717, 1.165) is 5.56 Å². The van der Waals surface area contributed by atoms with Gasteiger partial charge in [-0.2, -0.15) is 0 Å². The highest BCUT2D eigenvalue weighted by molar-refractivity contribution is 6.52. The van der Waals surface area contributed by atoms with Crippen LogP contribution in [0.3, 0.4) is 0 Å². The molecule has 0 radical (unpaired) electrons. The average Bonchev–Trinajstić information content (AvgIpc) is 3.18. The Bertz CT molecular complexity index is 1410. The summed E-state index contributed by atoms with van der Waals surface area (Å²) >= 11 is 6.29. The molecule has 0 saturated carbocycles. The molecule has 7 nitrogen and oxygen atoms in total. The molecule has 0 aromatic heterocycles. The molecule has 8 heteroatoms. The number of ketones is 1. The Kier molecular flexibility index (Phi) is 7.97. The highest BCUT2D eigenvalue weighted by Crippen LogP contribution is 2.45. The van der Waals surface area contributed by atoms with Crippen LogP contribution in [-0.2, 0) is 9.59 Å². The van der Waals surface area contributed by atoms with E-state index in [1.165, 1.54) is 19.1 Å². The second-order valence-corrected chi connectivity index (χ2v) is 9.88. The van der Waals surface area contributed by atoms with Crippen molar-refractivity contribution in [3.8, 4) is 17.2 Å². The van der Waals surface area contributed by atoms with Crippen LogP contribution in [0, 0.1) is 12.8 Å². The third-order valence-electron chi connectivity index (χ3n) is 6.29. The van der Waals surface area contributed by atoms with Gasteiger partial charge in [-0.15, -0.1) is 0 Å². The second-order valence-electron chi connectivity index (χ2n) is 9.45. The van der Waals surface area contributed by atoms with Gasteiger partial charge < -0.3 is 19.3 Å². The second kappa shape index (κ2) is 11.2. The Labute approximate surface area is 227 Å². The van der Waals surface area contributed by atoms with Crippen LogP contribution in [-0.4, -0.2) is 37.6 Å². The lowest BCUT2D eigenvalue weighted by Crippen LogP contribution is -2.30. The molecule has 1 atom stereocenters. The van der Waals surface area contributed by atoms with E-state index in [2.05, 4.69) is 0 Å². The molecule has 1 N–H and O–H groups in total. The Morgan fingerprint density at radius 1 is 1.00 bits per heavy atom. The summed E-state index contributed by atoms with van der Waals surface area (Å²) in [6.45, 7) is 6.39. The predicted molar refractivity (Wildman–Crippen MR) is 147 cm³/mol. The van der Waals surface area contributed by atoms with E-state index in [0.29, 0.717) is 51.6 Å². The highest BCUT2D eigenvalue weighted by atomic mass is 35.5. The molecular formula is C30H30ClNO6. The summed E-state index contributed by atoms with van der Waals surface area (Å²) in [6.07, 6.45) is 0. The number of Topliss-reactive ketones (excluding diaryl/α,β-unsaturated/α-hetero) is 1. The Hall–Kier alpha value is -3.97. The van der Waals surface area contributed by atoms with Crippen molar-refractivity contribution in [1.29, 1.82) is 0 Å². The maximum Gasteiger partial charge on any atom is 0.300 e. The molecule has 1 heterocycles. The summed E-state index contributed by atoms with van der Waals surface area (Å²) in [5, 5.41) is 11.9. The van der Waals surface area contributed by atoms with Gasteiger partial charge in [-0.25, -0.2) is 0 Å². The molecule has 1 unspecified atom stereocenters. The Morgan fingerprint density at radius 2 is 1.74 bits per heavy atom. The van der Waals surface area contributed by atoms with Crippen LogP contribution in [0.4, 0.5) is 5.69 Å². The van der Waals surface area contributed by atoms with Crippen molar-refractivity contribution in [1.82, 2.24) is 0 Å². The van der Waals surface area contributed by atoms with Gasteiger partial charge in [-0.1, -0.05) is 49.7 Å². The first-order valence-corrected chi connectivity index (χ1v) is 12.6. The van der Waals surface area contributed by atoms with E-state index in [1.54, 1.807) is 60.7 Å². The summed E-state index contributed by atoms with van der Waals surface area (Å²) in [5.74, 6) is -0.127. The summed E-state index contributed by atoms with van der Waals surface area (Å²) in [4.78, 5) is 28.4. The Balaban J connectivity index is 1.93. The van der Waals surface area contributed by atoms with Crippen molar-refractivity contribution in [2.45, 2.75) is 26.8 Å². The molecule has 1 amide bonds. The number of halogens is 1. The fraction of sp³-hybridized carbons (Fsp3) is 0.267. The maximum absolute atomic E-state index is 13.5. The maximum atomic E-state index is 13.5. The monoisotopic (exact) mass is 535 g/mol. The largest absolute Gasteiger partial charge is 0.507 e. The van der Waals surface area contributed by atoms with Crippen molar-refractivity contribution >= 4 is 34.7 Å². The number of hydrogen-bond donors (Lipinski definition) is 1. The molecule has 0 bridgehead atoms. The molecule has 3 aromatic carbocycles. The van der Waals surface area contributed by atoms with Crippen LogP contribution in [0.15, 0.2) is 66.2 Å². The minimum atomic E-state index is -0.952. The summed E-state index contributed by atoms with van der Waals surface area (Å²) in [5.41, 5.74) is 2.06. The van der Waals surface area contributed by atoms with Gasteiger partial charge in [0.25, 0.3) is 11.7 Å². The van der Waals surface area contributed by atoms with Gasteiger partial charge in [-0.05, 0) is 60.4 Å². The van der Waals surface area contributed by atoms with E-state index >= 15 is 0 Å². The average molecular weight is 536 g/mol. The minimum absolute atomic E-state index is 0.0531. The lowest BCUT2D eigenvalue weighted by Gasteiger charge is -2.27. The zero-order chi connectivity index (χ0) is 27.6. The van der Waals surface area contributed by atoms with E-state index in [4.69, 9.17) is 25.8 Å². The number of methoxy groups -OCH3 is 2. The molecule has 4 rings (SSSR count). The number of anilines is 1. The van der Waals surface area contributed by atoms with Crippen molar-refractivity contribution in [2.24, 2.45) is 5.92 Å². The molecule has 1 aliphatic heterocycles. The number of aliphatic hydroxyl groups excluding tert-OH is 1. The van der Waals surface area contributed by atoms with E-state index in [-0.39, 0.29) is 11.3 Å². The molecule has 1 aliphatic rings. The smallest absolute Gasteiger partial charge is 0.300 e. The fourth-order valence-corrected chi connectivity index (χ4v) is 4.58. The SMILES string of the molecule is COc1ccc(C2/C(=C(\O)c3cccc(OCC(C)C)c3)C(=O)C(=O)N2c2cc(Cl)ccc2C)cc1OC. The van der Waals surface area contributed by atoms with Gasteiger partial charge in [0.2, 0.25) is 0 Å². The van der Waals surface area contributed by atoms with Gasteiger partial charge in [0.05, 0.1) is 32.4 Å². The number of amides is 1. The lowest BCUT2D eigenvalue weighted by atomic mass is 9.94. The molecule has 1 fully saturated rings. The predicted octanol–water partition coefficient (Wildman–Crippen LogP) is 6.33. The Morgan fingerprint density at radius 3 is 2.42 bits per heavy atom. The lowest BCUT2D eigenvalue weighted by molar-refractivity contribution is -0.132. The third kappa shape index (κ3) is 5.20. The van der Waals surface area contributed by atoms with Gasteiger partial charge >= 0.3 is 0 Å². The van der Waals surface area contributed by atoms with Crippen LogP contribution < -0.4 is 19.1 Å². The van der Waals surface area contributed by atoms with Crippen molar-refractivity contribution in [3.05, 3.63) is 87.9 Å². The van der Waals surface area contributed by atoms with Crippen LogP contribution in [0.25, 0.3) is 5.76 Å². The normalized spacial score (nSPS) is 16.7. The van der Waals surface area contributed by atoms with E-state index in [1.807, 2.05) is 20.8 Å². The standard InChI is InChI=1S/C30H30ClNO6/c1-17(2)16-38-22-8-6-7-20(13-22)28(33)26-27(19-10-12-24(36-4)25(14-19)37-5)32(30(35)29(26)34)23-15-21(31)11-9-18(23)3/h6-15,17,27,33H,16H2,1-5H3/b28-26+. The molecule has 1 saturated heterocycles. The van der Waals surface area contributed by atoms with Crippen molar-refractivity contribution in [3.63, 3.8) is 0 Å². The number of hydrogen-bond acceptors (Lipinski definition) is 6. The molecule has 3 aromatic rings. The fourth-order valence-electron chi connectivity index (χ4n) is 4.41. The van der Waals surface area contributed by atoms with Gasteiger partial charge in [0, 0.05) is 16.3 Å². The molecule has 38 heavy (non-hydrogen) atoms. The first-order valence-electron chi connectivity index (χ1n) is 12.2. The van der Waals surface area contributed by atoms with Crippen molar-refractivity contribution < 1.29 is 28.9 Å². The zero-order valence-electron chi connectivity index (χ0n) is 21.9. The number of rotatable bonds is 8. The van der Waals surface area contributed by atoms with Crippen LogP contribution >= 0.6 is 11.6 Å². The number of nitrogens with zero attached hydrogens (tertiary/aromatic N) is 1. The number of aryl methyl sites for hydroxylation is 1. The molecule has 0 aliphatic carbocycles. The van der Waals surface area contributed by atoms with Gasteiger partial charge in [-0.3, -0.25) is 14.5 Å². The van der Waals surface area contributed by atoms with E-state index in [9.17, 15) is 14.7 Å². The van der Waals surface area contributed by atoms with Crippen LogP contribution in [0.5, 0.6) is 17.2 Å². The summed E-state index contributed by atoms with van der Waals surface area (Å²) in [7, 11) is 3.02. The van der Waals surface area contributed by atoms with Gasteiger partial charge in [0.15, 0.2) is 11.5 Å². The quantitative estimate of drug-likeness (QED) is 0.206. The number of aliphatic hydroxyl groups is 1. The number of benzene rings is 3. The summed E-state index contributed by atoms with van der Waals surface area (Å²) in [6, 6.07) is 16.1. The molecular weight excluding hydrogens is 506 g/mol. The number of carbonyl (C=O) groups excluding carboxylic acids is 2. The minimum Gasteiger partial charge on any atom is -0.507 e. The summed E-state index contributed by atoms with van der Waals surface area (Å²) < 4.78 is 16.7. The first kappa shape index (κ1) is 27.1. The van der Waals surface area contributed by atoms with Crippen LogP contribution in [0.1, 0.15) is 36.6 Å². The number of ether oxygens (including phenoxy) is 3.